The van der Waals surface area contributed by atoms with E-state index in [4.69, 9.17) is 4.74 Å². The Morgan fingerprint density at radius 2 is 2.32 bits per heavy atom. The number of carbonyl (C=O) groups excluding carboxylic acids is 1. The van der Waals surface area contributed by atoms with Gasteiger partial charge >= 0.3 is 0 Å². The fourth-order valence-corrected chi connectivity index (χ4v) is 3.64. The predicted molar refractivity (Wildman–Crippen MR) is 88.9 cm³/mol. The van der Waals surface area contributed by atoms with Crippen molar-refractivity contribution in [1.82, 2.24) is 4.90 Å². The van der Waals surface area contributed by atoms with Crippen molar-refractivity contribution in [2.45, 2.75) is 51.6 Å². The largest absolute Gasteiger partial charge is 0.490 e. The molecule has 0 spiro atoms. The summed E-state index contributed by atoms with van der Waals surface area (Å²) in [6.07, 6.45) is 4.55. The maximum absolute atomic E-state index is 13.0. The summed E-state index contributed by atoms with van der Waals surface area (Å²) in [6, 6.07) is 6.28. The van der Waals surface area contributed by atoms with Gasteiger partial charge in [-0.25, -0.2) is 0 Å². The zero-order chi connectivity index (χ0) is 15.5. The molecular formula is C18H26N2O2. The highest BCUT2D eigenvalue weighted by Gasteiger charge is 2.30. The van der Waals surface area contributed by atoms with Crippen molar-refractivity contribution in [2.75, 3.05) is 25.0 Å². The molecule has 120 valence electrons. The molecule has 0 amide bonds. The van der Waals surface area contributed by atoms with Crippen molar-refractivity contribution in [3.63, 3.8) is 0 Å². The zero-order valence-electron chi connectivity index (χ0n) is 13.6. The monoisotopic (exact) mass is 302 g/mol. The van der Waals surface area contributed by atoms with Gasteiger partial charge in [-0.2, -0.15) is 0 Å². The van der Waals surface area contributed by atoms with Crippen molar-refractivity contribution < 1.29 is 9.53 Å². The molecule has 1 fully saturated rings. The van der Waals surface area contributed by atoms with E-state index in [0.29, 0.717) is 12.6 Å². The summed E-state index contributed by atoms with van der Waals surface area (Å²) in [7, 11) is 0. The van der Waals surface area contributed by atoms with Gasteiger partial charge in [-0.3, -0.25) is 9.69 Å². The molecule has 0 bridgehead atoms. The van der Waals surface area contributed by atoms with Crippen LogP contribution in [0.15, 0.2) is 18.2 Å². The van der Waals surface area contributed by atoms with Gasteiger partial charge in [-0.05, 0) is 50.9 Å². The van der Waals surface area contributed by atoms with Gasteiger partial charge in [0.15, 0.2) is 5.78 Å². The zero-order valence-corrected chi connectivity index (χ0v) is 13.6. The van der Waals surface area contributed by atoms with Crippen LogP contribution in [0.1, 0.15) is 49.9 Å². The Kier molecular flexibility index (Phi) is 4.67. The van der Waals surface area contributed by atoms with Crippen LogP contribution in [0.5, 0.6) is 5.75 Å². The molecule has 0 radical (unpaired) electrons. The van der Waals surface area contributed by atoms with E-state index >= 15 is 0 Å². The Bertz CT molecular complexity index is 544. The van der Waals surface area contributed by atoms with E-state index in [1.54, 1.807) is 0 Å². The third kappa shape index (κ3) is 2.98. The van der Waals surface area contributed by atoms with E-state index in [0.717, 1.165) is 36.5 Å². The first-order valence-electron chi connectivity index (χ1n) is 8.51. The number of anilines is 1. The molecule has 1 N–H and O–H groups in total. The maximum Gasteiger partial charge on any atom is 0.180 e. The Labute approximate surface area is 132 Å². The summed E-state index contributed by atoms with van der Waals surface area (Å²) >= 11 is 0. The van der Waals surface area contributed by atoms with Crippen LogP contribution in [0.2, 0.25) is 0 Å². The number of ether oxygens (including phenoxy) is 1. The van der Waals surface area contributed by atoms with Gasteiger partial charge in [0.2, 0.25) is 0 Å². The molecule has 0 saturated carbocycles. The van der Waals surface area contributed by atoms with Gasteiger partial charge in [0.25, 0.3) is 0 Å². The smallest absolute Gasteiger partial charge is 0.180 e. The Balaban J connectivity index is 1.81. The van der Waals surface area contributed by atoms with Crippen LogP contribution in [0, 0.1) is 0 Å². The summed E-state index contributed by atoms with van der Waals surface area (Å²) in [5, 5.41) is 3.31. The number of fused-ring (bicyclic) bond motifs is 1. The van der Waals surface area contributed by atoms with Crippen molar-refractivity contribution in [1.29, 1.82) is 0 Å². The van der Waals surface area contributed by atoms with Gasteiger partial charge in [-0.15, -0.1) is 0 Å². The molecule has 2 heterocycles. The fourth-order valence-electron chi connectivity index (χ4n) is 3.64. The summed E-state index contributed by atoms with van der Waals surface area (Å²) in [4.78, 5) is 15.4. The minimum absolute atomic E-state index is 0.00198. The van der Waals surface area contributed by atoms with Gasteiger partial charge < -0.3 is 10.1 Å². The van der Waals surface area contributed by atoms with Crippen molar-refractivity contribution in [3.05, 3.63) is 23.8 Å². The van der Waals surface area contributed by atoms with E-state index in [1.807, 2.05) is 18.2 Å². The molecule has 4 nitrogen and oxygen atoms in total. The molecule has 22 heavy (non-hydrogen) atoms. The summed E-state index contributed by atoms with van der Waals surface area (Å²) in [6.45, 7) is 6.88. The van der Waals surface area contributed by atoms with Gasteiger partial charge in [-0.1, -0.05) is 13.3 Å². The number of nitrogens with one attached hydrogen (secondary N) is 1. The number of likely N-dealkylation sites (tertiary alicyclic amines) is 1. The summed E-state index contributed by atoms with van der Waals surface area (Å²) in [5.74, 6) is 1.09. The first-order chi connectivity index (χ1) is 10.7. The average Bonchev–Trinajstić information content (AvgIpc) is 2.56. The second-order valence-corrected chi connectivity index (χ2v) is 6.36. The molecule has 4 heteroatoms. The number of hydrogen-bond acceptors (Lipinski definition) is 4. The number of piperidine rings is 1. The highest BCUT2D eigenvalue weighted by Crippen LogP contribution is 2.30. The Hall–Kier alpha value is -1.55. The molecular weight excluding hydrogens is 276 g/mol. The lowest BCUT2D eigenvalue weighted by molar-refractivity contribution is 0.0654. The lowest BCUT2D eigenvalue weighted by Crippen LogP contribution is -2.48. The fraction of sp³-hybridized carbons (Fsp3) is 0.611. The molecule has 1 aromatic rings. The molecule has 2 unspecified atom stereocenters. The number of nitrogens with zero attached hydrogens (tertiary/aromatic N) is 1. The lowest BCUT2D eigenvalue weighted by atomic mass is 9.94. The van der Waals surface area contributed by atoms with E-state index in [2.05, 4.69) is 24.1 Å². The molecule has 2 aliphatic heterocycles. The van der Waals surface area contributed by atoms with Gasteiger partial charge in [0.1, 0.15) is 12.4 Å². The van der Waals surface area contributed by atoms with E-state index < -0.39 is 0 Å². The number of carbonyl (C=O) groups is 1. The highest BCUT2D eigenvalue weighted by atomic mass is 16.5. The minimum atomic E-state index is -0.00198. The van der Waals surface area contributed by atoms with E-state index in [-0.39, 0.29) is 11.8 Å². The van der Waals surface area contributed by atoms with Crippen LogP contribution in [-0.4, -0.2) is 42.5 Å². The summed E-state index contributed by atoms with van der Waals surface area (Å²) in [5.41, 5.74) is 1.74. The molecule has 1 saturated heterocycles. The molecule has 1 aromatic carbocycles. The predicted octanol–water partition coefficient (Wildman–Crippen LogP) is 3.33. The van der Waals surface area contributed by atoms with Crippen molar-refractivity contribution in [2.24, 2.45) is 0 Å². The second kappa shape index (κ2) is 6.69. The Morgan fingerprint density at radius 1 is 1.45 bits per heavy atom. The standard InChI is InChI=1S/C18H26N2O2/c1-3-16(20-10-5-4-6-13(20)2)18(21)14-7-8-17-15(12-14)19-9-11-22-17/h7-8,12-13,16,19H,3-6,9-11H2,1-2H3. The molecule has 2 aliphatic rings. The van der Waals surface area contributed by atoms with E-state index in [9.17, 15) is 4.79 Å². The number of rotatable bonds is 4. The third-order valence-electron chi connectivity index (χ3n) is 4.88. The maximum atomic E-state index is 13.0. The highest BCUT2D eigenvalue weighted by molar-refractivity contribution is 6.01. The molecule has 0 aliphatic carbocycles. The molecule has 0 aromatic heterocycles. The van der Waals surface area contributed by atoms with Crippen LogP contribution in [-0.2, 0) is 0 Å². The number of Topliss-reactive ketones (excluding diaryl/α,β-unsaturated/α-hetero) is 1. The van der Waals surface area contributed by atoms with Crippen LogP contribution in [0.4, 0.5) is 5.69 Å². The van der Waals surface area contributed by atoms with Crippen LogP contribution in [0.3, 0.4) is 0 Å². The van der Waals surface area contributed by atoms with Crippen LogP contribution >= 0.6 is 0 Å². The number of ketones is 1. The van der Waals surface area contributed by atoms with Crippen molar-refractivity contribution in [3.8, 4) is 5.75 Å². The third-order valence-corrected chi connectivity index (χ3v) is 4.88. The number of benzene rings is 1. The SMILES string of the molecule is CCC(C(=O)c1ccc2c(c1)NCCO2)N1CCCCC1C. The lowest BCUT2D eigenvalue weighted by Gasteiger charge is -2.38. The van der Waals surface area contributed by atoms with Crippen molar-refractivity contribution >= 4 is 11.5 Å². The van der Waals surface area contributed by atoms with Crippen LogP contribution < -0.4 is 10.1 Å². The van der Waals surface area contributed by atoms with E-state index in [1.165, 1.54) is 19.3 Å². The number of hydrogen-bond donors (Lipinski definition) is 1. The second-order valence-electron chi connectivity index (χ2n) is 6.36. The van der Waals surface area contributed by atoms with Gasteiger partial charge in [0.05, 0.1) is 11.7 Å². The first kappa shape index (κ1) is 15.3. The molecule has 2 atom stereocenters. The topological polar surface area (TPSA) is 41.6 Å². The minimum Gasteiger partial charge on any atom is -0.490 e. The average molecular weight is 302 g/mol. The van der Waals surface area contributed by atoms with Gasteiger partial charge in [0, 0.05) is 18.2 Å². The molecule has 3 rings (SSSR count). The first-order valence-corrected chi connectivity index (χ1v) is 8.51. The summed E-state index contributed by atoms with van der Waals surface area (Å²) < 4.78 is 5.59. The van der Waals surface area contributed by atoms with Crippen LogP contribution in [0.25, 0.3) is 0 Å². The quantitative estimate of drug-likeness (QED) is 0.866. The Morgan fingerprint density at radius 3 is 3.09 bits per heavy atom. The normalized spacial score (nSPS) is 23.1.